The molecule has 0 aliphatic carbocycles. The van der Waals surface area contributed by atoms with E-state index < -0.39 is 0 Å². The molecular weight excluding hydrogens is 280 g/mol. The molecule has 1 saturated heterocycles. The highest BCUT2D eigenvalue weighted by Gasteiger charge is 2.26. The first kappa shape index (κ1) is 14.7. The van der Waals surface area contributed by atoms with Crippen molar-refractivity contribution < 1.29 is 4.79 Å². The minimum atomic E-state index is 0.146. The molecule has 1 aliphatic rings. The third kappa shape index (κ3) is 2.88. The van der Waals surface area contributed by atoms with Gasteiger partial charge in [-0.05, 0) is 18.3 Å². The zero-order valence-corrected chi connectivity index (χ0v) is 13.3. The number of likely N-dealkylation sites (tertiary alicyclic amines) is 1. The van der Waals surface area contributed by atoms with E-state index in [1.54, 1.807) is 6.33 Å². The van der Waals surface area contributed by atoms with E-state index in [2.05, 4.69) is 33.8 Å². The smallest absolute Gasteiger partial charge is 0.242 e. The molecule has 1 aliphatic heterocycles. The van der Waals surface area contributed by atoms with Crippen molar-refractivity contribution in [3.8, 4) is 0 Å². The number of piperidine rings is 1. The number of nitrogens with one attached hydrogen (secondary N) is 1. The van der Waals surface area contributed by atoms with Gasteiger partial charge >= 0.3 is 0 Å². The van der Waals surface area contributed by atoms with E-state index in [4.69, 9.17) is 0 Å². The van der Waals surface area contributed by atoms with Gasteiger partial charge in [-0.3, -0.25) is 4.79 Å². The number of carbonyl (C=O) groups excluding carboxylic acids is 1. The number of H-pyrrole nitrogens is 1. The Kier molecular flexibility index (Phi) is 3.96. The second kappa shape index (κ2) is 5.90. The van der Waals surface area contributed by atoms with Gasteiger partial charge in [0, 0.05) is 20.1 Å². The number of nitrogens with zero attached hydrogens (tertiary/aromatic N) is 5. The fourth-order valence-electron chi connectivity index (χ4n) is 3.29. The van der Waals surface area contributed by atoms with Gasteiger partial charge in [-0.15, -0.1) is 0 Å². The average Bonchev–Trinajstić information content (AvgIpc) is 2.94. The Hall–Kier alpha value is -2.18. The molecule has 0 saturated carbocycles. The highest BCUT2D eigenvalue weighted by atomic mass is 16.2. The molecule has 0 spiro atoms. The number of fused-ring (bicyclic) bond motifs is 1. The maximum Gasteiger partial charge on any atom is 0.242 e. The summed E-state index contributed by atoms with van der Waals surface area (Å²) in [4.78, 5) is 31.9. The Morgan fingerprint density at radius 1 is 1.32 bits per heavy atom. The first-order valence-corrected chi connectivity index (χ1v) is 7.67. The first-order valence-electron chi connectivity index (χ1n) is 7.67. The number of imidazole rings is 1. The Morgan fingerprint density at radius 3 is 2.77 bits per heavy atom. The molecule has 7 heteroatoms. The number of anilines is 1. The first-order chi connectivity index (χ1) is 10.5. The van der Waals surface area contributed by atoms with Crippen LogP contribution < -0.4 is 4.90 Å². The van der Waals surface area contributed by atoms with Crippen LogP contribution in [0.3, 0.4) is 0 Å². The van der Waals surface area contributed by atoms with Crippen LogP contribution in [0, 0.1) is 11.8 Å². The van der Waals surface area contributed by atoms with Crippen LogP contribution in [0.2, 0.25) is 0 Å². The van der Waals surface area contributed by atoms with Crippen molar-refractivity contribution in [2.75, 3.05) is 31.6 Å². The van der Waals surface area contributed by atoms with E-state index in [-0.39, 0.29) is 5.91 Å². The minimum absolute atomic E-state index is 0.146. The zero-order chi connectivity index (χ0) is 15.7. The lowest BCUT2D eigenvalue weighted by Crippen LogP contribution is -2.46. The predicted molar refractivity (Wildman–Crippen MR) is 84.5 cm³/mol. The van der Waals surface area contributed by atoms with Crippen molar-refractivity contribution in [2.45, 2.75) is 20.3 Å². The van der Waals surface area contributed by atoms with Crippen LogP contribution in [0.15, 0.2) is 12.7 Å². The molecule has 3 heterocycles. The Balaban J connectivity index is 1.72. The van der Waals surface area contributed by atoms with E-state index in [1.807, 2.05) is 16.8 Å². The number of aromatic amines is 1. The number of likely N-dealkylation sites (N-methyl/N-ethyl adjacent to an activating group) is 1. The van der Waals surface area contributed by atoms with Gasteiger partial charge in [0.15, 0.2) is 11.5 Å². The molecular formula is C15H22N6O. The van der Waals surface area contributed by atoms with Crippen molar-refractivity contribution in [3.63, 3.8) is 0 Å². The molecule has 118 valence electrons. The molecule has 22 heavy (non-hydrogen) atoms. The molecule has 0 bridgehead atoms. The second-order valence-corrected chi connectivity index (χ2v) is 6.40. The van der Waals surface area contributed by atoms with Gasteiger partial charge in [0.2, 0.25) is 5.91 Å². The summed E-state index contributed by atoms with van der Waals surface area (Å²) in [6.07, 6.45) is 4.26. The number of aromatic nitrogens is 4. The maximum atomic E-state index is 12.6. The quantitative estimate of drug-likeness (QED) is 0.924. The van der Waals surface area contributed by atoms with Crippen LogP contribution in [0.5, 0.6) is 0 Å². The van der Waals surface area contributed by atoms with Crippen molar-refractivity contribution in [1.29, 1.82) is 0 Å². The summed E-state index contributed by atoms with van der Waals surface area (Å²) in [5, 5.41) is 0. The van der Waals surface area contributed by atoms with Gasteiger partial charge in [0.25, 0.3) is 0 Å². The third-order valence-corrected chi connectivity index (χ3v) is 4.16. The normalized spacial score (nSPS) is 22.0. The highest BCUT2D eigenvalue weighted by Crippen LogP contribution is 2.22. The maximum absolute atomic E-state index is 12.6. The predicted octanol–water partition coefficient (Wildman–Crippen LogP) is 1.29. The molecule has 7 nitrogen and oxygen atoms in total. The van der Waals surface area contributed by atoms with Crippen LogP contribution in [-0.4, -0.2) is 57.4 Å². The van der Waals surface area contributed by atoms with E-state index in [0.717, 1.165) is 18.6 Å². The Morgan fingerprint density at radius 2 is 2.05 bits per heavy atom. The molecule has 1 fully saturated rings. The molecule has 1 amide bonds. The lowest BCUT2D eigenvalue weighted by Gasteiger charge is -2.36. The summed E-state index contributed by atoms with van der Waals surface area (Å²) in [5.74, 6) is 1.98. The van der Waals surface area contributed by atoms with Crippen molar-refractivity contribution in [1.82, 2.24) is 24.8 Å². The number of rotatable bonds is 3. The topological polar surface area (TPSA) is 78.0 Å². The monoisotopic (exact) mass is 302 g/mol. The summed E-state index contributed by atoms with van der Waals surface area (Å²) in [7, 11) is 1.87. The SMILES string of the molecule is C[C@@H]1C[C@@H](C)CN(C(=O)CN(C)c2ncnc3nc[nH]c23)C1. The van der Waals surface area contributed by atoms with E-state index in [1.165, 1.54) is 12.7 Å². The largest absolute Gasteiger partial charge is 0.348 e. The molecule has 1 N–H and O–H groups in total. The zero-order valence-electron chi connectivity index (χ0n) is 13.3. The summed E-state index contributed by atoms with van der Waals surface area (Å²) in [5.41, 5.74) is 1.38. The molecule has 2 aromatic heterocycles. The van der Waals surface area contributed by atoms with Crippen molar-refractivity contribution in [2.24, 2.45) is 11.8 Å². The lowest BCUT2D eigenvalue weighted by atomic mass is 9.92. The van der Waals surface area contributed by atoms with Crippen LogP contribution in [0.4, 0.5) is 5.82 Å². The van der Waals surface area contributed by atoms with Crippen molar-refractivity contribution >= 4 is 22.9 Å². The molecule has 0 aromatic carbocycles. The second-order valence-electron chi connectivity index (χ2n) is 6.40. The molecule has 3 rings (SSSR count). The molecule has 2 atom stereocenters. The number of amides is 1. The van der Waals surface area contributed by atoms with Crippen LogP contribution in [0.1, 0.15) is 20.3 Å². The highest BCUT2D eigenvalue weighted by molar-refractivity contribution is 5.87. The summed E-state index contributed by atoms with van der Waals surface area (Å²) in [6.45, 7) is 6.42. The summed E-state index contributed by atoms with van der Waals surface area (Å²) < 4.78 is 0. The van der Waals surface area contributed by atoms with Gasteiger partial charge < -0.3 is 14.8 Å². The Labute approximate surface area is 129 Å². The summed E-state index contributed by atoms with van der Waals surface area (Å²) >= 11 is 0. The van der Waals surface area contributed by atoms with Gasteiger partial charge in [-0.2, -0.15) is 0 Å². The van der Waals surface area contributed by atoms with Gasteiger partial charge in [0.05, 0.1) is 12.9 Å². The summed E-state index contributed by atoms with van der Waals surface area (Å²) in [6, 6.07) is 0. The van der Waals surface area contributed by atoms with Gasteiger partial charge in [0.1, 0.15) is 11.8 Å². The van der Waals surface area contributed by atoms with Gasteiger partial charge in [-0.1, -0.05) is 13.8 Å². The molecule has 0 radical (unpaired) electrons. The van der Waals surface area contributed by atoms with E-state index in [9.17, 15) is 4.79 Å². The number of carbonyl (C=O) groups is 1. The number of hydrogen-bond acceptors (Lipinski definition) is 5. The van der Waals surface area contributed by atoms with E-state index >= 15 is 0 Å². The molecule has 2 aromatic rings. The standard InChI is InChI=1S/C15H22N6O/c1-10-4-11(2)6-21(5-10)12(22)7-20(3)15-13-14(17-8-16-13)18-9-19-15/h8-11H,4-7H2,1-3H3,(H,16,17,18,19)/t10-,11-/m1/s1. The van der Waals surface area contributed by atoms with Crippen LogP contribution in [-0.2, 0) is 4.79 Å². The van der Waals surface area contributed by atoms with Crippen LogP contribution >= 0.6 is 0 Å². The lowest BCUT2D eigenvalue weighted by molar-refractivity contribution is -0.132. The van der Waals surface area contributed by atoms with Crippen LogP contribution in [0.25, 0.3) is 11.2 Å². The minimum Gasteiger partial charge on any atom is -0.348 e. The average molecular weight is 302 g/mol. The molecule has 0 unspecified atom stereocenters. The Bertz CT molecular complexity index is 659. The van der Waals surface area contributed by atoms with Crippen molar-refractivity contribution in [3.05, 3.63) is 12.7 Å². The van der Waals surface area contributed by atoms with Gasteiger partial charge in [-0.25, -0.2) is 15.0 Å². The van der Waals surface area contributed by atoms with E-state index in [0.29, 0.717) is 29.8 Å². The fraction of sp³-hybridized carbons (Fsp3) is 0.600. The third-order valence-electron chi connectivity index (χ3n) is 4.16. The number of hydrogen-bond donors (Lipinski definition) is 1. The fourth-order valence-corrected chi connectivity index (χ4v) is 3.29.